The zero-order chi connectivity index (χ0) is 21.6. The number of nitro benzene ring substituents is 1. The van der Waals surface area contributed by atoms with Gasteiger partial charge in [0, 0.05) is 28.1 Å². The maximum atomic E-state index is 12.1. The molecule has 1 aromatic carbocycles. The molecule has 28 heavy (non-hydrogen) atoms. The minimum Gasteiger partial charge on any atom is -0.466 e. The quantitative estimate of drug-likeness (QED) is 0.0690. The summed E-state index contributed by atoms with van der Waals surface area (Å²) in [6.45, 7) is 14.1. The molecule has 0 spiro atoms. The van der Waals surface area contributed by atoms with Crippen LogP contribution in [0, 0.1) is 20.6 Å². The van der Waals surface area contributed by atoms with Crippen LogP contribution in [0.5, 0.6) is 5.75 Å². The van der Waals surface area contributed by atoms with Crippen LogP contribution < -0.4 is 9.64 Å². The van der Waals surface area contributed by atoms with Crippen molar-refractivity contribution >= 4 is 63.9 Å². The normalized spacial score (nSPS) is 11.2. The minimum absolute atomic E-state index is 0.000415. The Balaban J connectivity index is 3.27. The first-order chi connectivity index (χ1) is 12.9. The number of carbonyl (C=O) groups excluding carboxylic acids is 1. The van der Waals surface area contributed by atoms with Gasteiger partial charge in [-0.25, -0.2) is 0 Å². The van der Waals surface area contributed by atoms with E-state index >= 15 is 0 Å². The third-order valence-electron chi connectivity index (χ3n) is 3.95. The van der Waals surface area contributed by atoms with Crippen LogP contribution in [0.2, 0.25) is 25.7 Å². The Kier molecular flexibility index (Phi) is 9.57. The van der Waals surface area contributed by atoms with Crippen molar-refractivity contribution in [3.05, 3.63) is 36.4 Å². The smallest absolute Gasteiger partial charge is 0.300 e. The number of rotatable bonds is 10. The molecule has 1 aromatic rings. The summed E-state index contributed by atoms with van der Waals surface area (Å²) in [6.07, 6.45) is 1.53. The standard InChI is InChI=1S/C18H26BrIN2O5Si/c1-7-8-21(13(3)23)17-15(20)14(19)18(12(2)16(17)22(24)25)27-11-26-9-10-28(4,5)6/h7H,1,8-11H2,2-6H3. The maximum Gasteiger partial charge on any atom is 0.300 e. The lowest BCUT2D eigenvalue weighted by Gasteiger charge is -2.24. The molecule has 0 aliphatic carbocycles. The molecule has 7 nitrogen and oxygen atoms in total. The minimum atomic E-state index is -1.21. The van der Waals surface area contributed by atoms with Gasteiger partial charge in [0.25, 0.3) is 0 Å². The van der Waals surface area contributed by atoms with Crippen LogP contribution in [-0.4, -0.2) is 38.8 Å². The lowest BCUT2D eigenvalue weighted by molar-refractivity contribution is -0.384. The van der Waals surface area contributed by atoms with E-state index < -0.39 is 13.0 Å². The highest BCUT2D eigenvalue weighted by molar-refractivity contribution is 14.1. The molecule has 0 aromatic heterocycles. The summed E-state index contributed by atoms with van der Waals surface area (Å²) in [4.78, 5) is 24.7. The first kappa shape index (κ1) is 25.1. The third kappa shape index (κ3) is 6.53. The van der Waals surface area contributed by atoms with Crippen molar-refractivity contribution in [1.29, 1.82) is 0 Å². The zero-order valence-electron chi connectivity index (χ0n) is 16.8. The molecule has 10 heteroatoms. The van der Waals surface area contributed by atoms with Crippen molar-refractivity contribution in [3.8, 4) is 5.75 Å². The van der Waals surface area contributed by atoms with Gasteiger partial charge in [-0.2, -0.15) is 0 Å². The lowest BCUT2D eigenvalue weighted by atomic mass is 10.1. The Morgan fingerprint density at radius 2 is 2.04 bits per heavy atom. The Bertz CT molecular complexity index is 768. The van der Waals surface area contributed by atoms with Gasteiger partial charge < -0.3 is 14.4 Å². The fourth-order valence-corrected chi connectivity index (χ4v) is 4.59. The summed E-state index contributed by atoms with van der Waals surface area (Å²) in [6, 6.07) is 1.00. The van der Waals surface area contributed by atoms with Crippen molar-refractivity contribution in [1.82, 2.24) is 0 Å². The maximum absolute atomic E-state index is 12.1. The molecule has 0 fully saturated rings. The Morgan fingerprint density at radius 3 is 2.50 bits per heavy atom. The molecule has 156 valence electrons. The summed E-state index contributed by atoms with van der Waals surface area (Å²) >= 11 is 5.45. The van der Waals surface area contributed by atoms with Gasteiger partial charge in [0.05, 0.1) is 18.5 Å². The highest BCUT2D eigenvalue weighted by Crippen LogP contribution is 2.47. The van der Waals surface area contributed by atoms with Crippen LogP contribution in [0.3, 0.4) is 0 Å². The fourth-order valence-electron chi connectivity index (χ4n) is 2.44. The predicted octanol–water partition coefficient (Wildman–Crippen LogP) is 5.50. The van der Waals surface area contributed by atoms with Crippen molar-refractivity contribution < 1.29 is 19.2 Å². The van der Waals surface area contributed by atoms with Crippen LogP contribution in [0.1, 0.15) is 12.5 Å². The second-order valence-electron chi connectivity index (χ2n) is 7.44. The van der Waals surface area contributed by atoms with E-state index in [1.807, 2.05) is 22.6 Å². The highest BCUT2D eigenvalue weighted by Gasteiger charge is 2.32. The van der Waals surface area contributed by atoms with Gasteiger partial charge in [0.2, 0.25) is 5.91 Å². The van der Waals surface area contributed by atoms with Crippen molar-refractivity contribution in [3.63, 3.8) is 0 Å². The largest absolute Gasteiger partial charge is 0.466 e. The van der Waals surface area contributed by atoms with Gasteiger partial charge in [0.1, 0.15) is 11.4 Å². The molecule has 0 N–H and O–H groups in total. The first-order valence-electron chi connectivity index (χ1n) is 8.67. The molecule has 0 aliphatic heterocycles. The molecule has 0 bridgehead atoms. The molecule has 0 heterocycles. The van der Waals surface area contributed by atoms with Gasteiger partial charge in [0.15, 0.2) is 6.79 Å². The van der Waals surface area contributed by atoms with Crippen LogP contribution in [0.4, 0.5) is 11.4 Å². The van der Waals surface area contributed by atoms with Gasteiger partial charge in [-0.1, -0.05) is 25.7 Å². The van der Waals surface area contributed by atoms with Crippen LogP contribution in [0.15, 0.2) is 17.1 Å². The number of carbonyl (C=O) groups is 1. The molecule has 0 radical (unpaired) electrons. The van der Waals surface area contributed by atoms with Gasteiger partial charge in [-0.15, -0.1) is 6.58 Å². The van der Waals surface area contributed by atoms with E-state index in [1.165, 1.54) is 17.9 Å². The Hall–Kier alpha value is -0.983. The number of nitrogens with zero attached hydrogens (tertiary/aromatic N) is 2. The van der Waals surface area contributed by atoms with E-state index in [4.69, 9.17) is 9.47 Å². The molecule has 1 amide bonds. The number of halogens is 2. The summed E-state index contributed by atoms with van der Waals surface area (Å²) in [5, 5.41) is 11.8. The van der Waals surface area contributed by atoms with E-state index in [0.717, 1.165) is 6.04 Å². The summed E-state index contributed by atoms with van der Waals surface area (Å²) in [7, 11) is -1.21. The number of hydrogen-bond donors (Lipinski definition) is 0. The molecule has 0 unspecified atom stereocenters. The van der Waals surface area contributed by atoms with E-state index in [1.54, 1.807) is 6.92 Å². The van der Waals surface area contributed by atoms with E-state index in [-0.39, 0.29) is 30.6 Å². The number of hydrogen-bond acceptors (Lipinski definition) is 5. The van der Waals surface area contributed by atoms with Gasteiger partial charge >= 0.3 is 5.69 Å². The topological polar surface area (TPSA) is 81.9 Å². The molecule has 1 rings (SSSR count). The summed E-state index contributed by atoms with van der Waals surface area (Å²) < 4.78 is 12.4. The summed E-state index contributed by atoms with van der Waals surface area (Å²) in [5.41, 5.74) is 0.396. The predicted molar refractivity (Wildman–Crippen MR) is 126 cm³/mol. The monoisotopic (exact) mass is 584 g/mol. The van der Waals surface area contributed by atoms with E-state index in [0.29, 0.717) is 26.0 Å². The average Bonchev–Trinajstić information content (AvgIpc) is 2.56. The van der Waals surface area contributed by atoms with Crippen molar-refractivity contribution in [2.24, 2.45) is 0 Å². The van der Waals surface area contributed by atoms with Gasteiger partial charge in [-0.3, -0.25) is 14.9 Å². The van der Waals surface area contributed by atoms with Crippen LogP contribution >= 0.6 is 38.5 Å². The molecule has 0 aliphatic rings. The average molecular weight is 585 g/mol. The van der Waals surface area contributed by atoms with E-state index in [2.05, 4.69) is 42.1 Å². The number of benzene rings is 1. The van der Waals surface area contributed by atoms with Crippen molar-refractivity contribution in [2.45, 2.75) is 39.5 Å². The fraction of sp³-hybridized carbons (Fsp3) is 0.500. The third-order valence-corrected chi connectivity index (χ3v) is 8.20. The molecular weight excluding hydrogens is 559 g/mol. The Morgan fingerprint density at radius 1 is 1.43 bits per heavy atom. The number of anilines is 1. The van der Waals surface area contributed by atoms with Crippen LogP contribution in [0.25, 0.3) is 0 Å². The second-order valence-corrected chi connectivity index (χ2v) is 14.9. The van der Waals surface area contributed by atoms with Crippen molar-refractivity contribution in [2.75, 3.05) is 24.8 Å². The molecular formula is C18H26BrIN2O5Si. The number of amides is 1. The summed E-state index contributed by atoms with van der Waals surface area (Å²) in [5.74, 6) is 0.0329. The molecule has 0 atom stereocenters. The number of ether oxygens (including phenoxy) is 2. The highest BCUT2D eigenvalue weighted by atomic mass is 127. The second kappa shape index (κ2) is 10.7. The number of nitro groups is 1. The molecule has 0 saturated carbocycles. The van der Waals surface area contributed by atoms with Gasteiger partial charge in [-0.05, 0) is 51.5 Å². The zero-order valence-corrected chi connectivity index (χ0v) is 21.5. The molecule has 0 saturated heterocycles. The Labute approximate surface area is 188 Å². The lowest BCUT2D eigenvalue weighted by Crippen LogP contribution is -2.30. The van der Waals surface area contributed by atoms with Crippen LogP contribution in [-0.2, 0) is 9.53 Å². The SMILES string of the molecule is C=CCN(C(C)=O)c1c(I)c(Br)c(OCOCC[Si](C)(C)C)c(C)c1[N+](=O)[O-]. The first-order valence-corrected chi connectivity index (χ1v) is 14.3. The van der Waals surface area contributed by atoms with E-state index in [9.17, 15) is 14.9 Å².